The molecule has 0 amide bonds. The molecule has 1 aliphatic rings. The van der Waals surface area contributed by atoms with Crippen LogP contribution in [0.5, 0.6) is 0 Å². The first-order chi connectivity index (χ1) is 20.7. The van der Waals surface area contributed by atoms with Crippen LogP contribution in [0.15, 0.2) is 149 Å². The maximum Gasteiger partial charge on any atom is 0.0783 e. The van der Waals surface area contributed by atoms with Gasteiger partial charge in [0.05, 0.1) is 17.1 Å². The van der Waals surface area contributed by atoms with Crippen molar-refractivity contribution in [2.45, 2.75) is 16.7 Å². The summed E-state index contributed by atoms with van der Waals surface area (Å²) >= 11 is 3.63. The van der Waals surface area contributed by atoms with Crippen molar-refractivity contribution in [1.82, 2.24) is 4.98 Å². The van der Waals surface area contributed by atoms with Gasteiger partial charge in [-0.25, -0.2) is 0 Å². The number of fused-ring (bicyclic) bond motifs is 3. The van der Waals surface area contributed by atoms with E-state index >= 15 is 0 Å². The van der Waals surface area contributed by atoms with Crippen LogP contribution in [0.25, 0.3) is 43.6 Å². The number of hydrogen-bond acceptors (Lipinski definition) is 4. The summed E-state index contributed by atoms with van der Waals surface area (Å²) in [5.41, 5.74) is 10.6. The maximum absolute atomic E-state index is 4.88. The molecule has 7 aromatic rings. The van der Waals surface area contributed by atoms with Crippen molar-refractivity contribution < 1.29 is 0 Å². The second-order valence-electron chi connectivity index (χ2n) is 10.5. The predicted molar refractivity (Wildman–Crippen MR) is 179 cm³/mol. The largest absolute Gasteiger partial charge is 0.308 e. The molecule has 0 unspecified atom stereocenters. The van der Waals surface area contributed by atoms with Gasteiger partial charge in [-0.2, -0.15) is 0 Å². The number of pyridine rings is 1. The molecule has 0 spiro atoms. The van der Waals surface area contributed by atoms with Crippen LogP contribution < -0.4 is 4.90 Å². The van der Waals surface area contributed by atoms with Crippen molar-refractivity contribution in [1.29, 1.82) is 0 Å². The van der Waals surface area contributed by atoms with Crippen LogP contribution in [0.3, 0.4) is 0 Å². The van der Waals surface area contributed by atoms with Gasteiger partial charge in [-0.05, 0) is 88.5 Å². The molecule has 0 atom stereocenters. The zero-order chi connectivity index (χ0) is 28.0. The summed E-state index contributed by atoms with van der Waals surface area (Å²) in [5, 5.41) is 4.51. The molecule has 0 fully saturated rings. The average Bonchev–Trinajstić information content (AvgIpc) is 3.59. The maximum atomic E-state index is 4.88. The highest BCUT2D eigenvalue weighted by molar-refractivity contribution is 7.99. The van der Waals surface area contributed by atoms with E-state index < -0.39 is 0 Å². The van der Waals surface area contributed by atoms with Gasteiger partial charge in [-0.15, -0.1) is 11.3 Å². The third-order valence-electron chi connectivity index (χ3n) is 7.94. The minimum atomic E-state index is 1.02. The van der Waals surface area contributed by atoms with Crippen LogP contribution in [0.4, 0.5) is 17.1 Å². The quantitative estimate of drug-likeness (QED) is 0.208. The summed E-state index contributed by atoms with van der Waals surface area (Å²) < 4.78 is 0. The van der Waals surface area contributed by atoms with Crippen molar-refractivity contribution in [2.75, 3.05) is 4.90 Å². The first-order valence-corrected chi connectivity index (χ1v) is 15.7. The lowest BCUT2D eigenvalue weighted by Gasteiger charge is -2.34. The molecule has 0 radical (unpaired) electrons. The van der Waals surface area contributed by atoms with E-state index in [1.807, 2.05) is 18.0 Å². The molecule has 3 heterocycles. The number of aryl methyl sites for hydroxylation is 1. The highest BCUT2D eigenvalue weighted by Crippen LogP contribution is 2.53. The number of hydrogen-bond donors (Lipinski definition) is 0. The lowest BCUT2D eigenvalue weighted by Crippen LogP contribution is -2.15. The van der Waals surface area contributed by atoms with Crippen LogP contribution in [-0.2, 0) is 0 Å². The van der Waals surface area contributed by atoms with E-state index in [1.54, 1.807) is 11.3 Å². The highest BCUT2D eigenvalue weighted by Gasteiger charge is 2.27. The van der Waals surface area contributed by atoms with E-state index in [2.05, 4.69) is 145 Å². The smallest absolute Gasteiger partial charge is 0.0783 e. The zero-order valence-corrected chi connectivity index (χ0v) is 24.6. The highest BCUT2D eigenvalue weighted by atomic mass is 32.2. The molecule has 0 bridgehead atoms. The summed E-state index contributed by atoms with van der Waals surface area (Å²) in [7, 11) is 0. The summed E-state index contributed by atoms with van der Waals surface area (Å²) in [6.45, 7) is 2.18. The van der Waals surface area contributed by atoms with Gasteiger partial charge in [0, 0.05) is 37.5 Å². The Morgan fingerprint density at radius 3 is 2.36 bits per heavy atom. The molecule has 42 heavy (non-hydrogen) atoms. The van der Waals surface area contributed by atoms with E-state index in [0.717, 1.165) is 16.9 Å². The van der Waals surface area contributed by atoms with Crippen molar-refractivity contribution in [3.63, 3.8) is 0 Å². The van der Waals surface area contributed by atoms with Crippen LogP contribution in [0, 0.1) is 6.92 Å². The fraction of sp³-hybridized carbons (Fsp3) is 0.0263. The number of rotatable bonds is 4. The van der Waals surface area contributed by atoms with Gasteiger partial charge in [0.15, 0.2) is 0 Å². The molecule has 4 heteroatoms. The van der Waals surface area contributed by atoms with Gasteiger partial charge in [0.1, 0.15) is 0 Å². The molecule has 2 nitrogen and oxygen atoms in total. The Labute approximate surface area is 254 Å². The van der Waals surface area contributed by atoms with Crippen LogP contribution in [-0.4, -0.2) is 4.98 Å². The van der Waals surface area contributed by atoms with Crippen molar-refractivity contribution >= 4 is 50.9 Å². The minimum Gasteiger partial charge on any atom is -0.308 e. The molecular weight excluding hydrogens is 549 g/mol. The monoisotopic (exact) mass is 574 g/mol. The summed E-state index contributed by atoms with van der Waals surface area (Å²) in [6.07, 6.45) is 1.92. The standard InChI is InChI=1S/C38H26N2S2/c1-25-13-16-30(24-32(25)38-31-11-6-5-10-27(31)19-20-39-38)40-33-17-14-28(26-8-3-2-4-9-26)23-37(33)42-36-18-15-29(22-34(36)40)35-12-7-21-41-35/h2-24H,1H3. The lowest BCUT2D eigenvalue weighted by molar-refractivity contribution is 1.16. The third kappa shape index (κ3) is 4.32. The van der Waals surface area contributed by atoms with Crippen molar-refractivity contribution in [2.24, 2.45) is 0 Å². The lowest BCUT2D eigenvalue weighted by atomic mass is 9.98. The Kier molecular flexibility index (Phi) is 6.17. The summed E-state index contributed by atoms with van der Waals surface area (Å²) in [5.74, 6) is 0. The van der Waals surface area contributed by atoms with Gasteiger partial charge in [0.25, 0.3) is 0 Å². The molecule has 0 saturated heterocycles. The topological polar surface area (TPSA) is 16.1 Å². The Hall–Kier alpha value is -4.64. The number of thiophene rings is 1. The average molecular weight is 575 g/mol. The van der Waals surface area contributed by atoms with E-state index in [1.165, 1.54) is 59.1 Å². The van der Waals surface area contributed by atoms with Gasteiger partial charge >= 0.3 is 0 Å². The number of nitrogens with zero attached hydrogens (tertiary/aromatic N) is 2. The molecule has 0 N–H and O–H groups in total. The van der Waals surface area contributed by atoms with Gasteiger partial charge in [-0.3, -0.25) is 4.98 Å². The van der Waals surface area contributed by atoms with Gasteiger partial charge in [-0.1, -0.05) is 90.6 Å². The fourth-order valence-electron chi connectivity index (χ4n) is 5.83. The second kappa shape index (κ2) is 10.3. The Morgan fingerprint density at radius 2 is 1.48 bits per heavy atom. The Morgan fingerprint density at radius 1 is 0.619 bits per heavy atom. The molecule has 200 valence electrons. The predicted octanol–water partition coefficient (Wildman–Crippen LogP) is 11.5. The third-order valence-corrected chi connectivity index (χ3v) is 9.97. The van der Waals surface area contributed by atoms with Crippen LogP contribution in [0.1, 0.15) is 5.56 Å². The van der Waals surface area contributed by atoms with Gasteiger partial charge < -0.3 is 4.90 Å². The number of anilines is 3. The normalized spacial score (nSPS) is 12.3. The van der Waals surface area contributed by atoms with Gasteiger partial charge in [0.2, 0.25) is 0 Å². The van der Waals surface area contributed by atoms with E-state index in [0.29, 0.717) is 0 Å². The molecule has 5 aromatic carbocycles. The number of benzene rings is 5. The first-order valence-electron chi connectivity index (χ1n) is 14.0. The van der Waals surface area contributed by atoms with Crippen LogP contribution >= 0.6 is 23.1 Å². The Bertz CT molecular complexity index is 2080. The van der Waals surface area contributed by atoms with Crippen molar-refractivity contribution in [3.05, 3.63) is 145 Å². The molecule has 1 aliphatic heterocycles. The number of aromatic nitrogens is 1. The molecule has 2 aromatic heterocycles. The molecule has 0 saturated carbocycles. The first kappa shape index (κ1) is 25.1. The second-order valence-corrected chi connectivity index (χ2v) is 12.6. The molecular formula is C38H26N2S2. The van der Waals surface area contributed by atoms with E-state index in [9.17, 15) is 0 Å². The molecule has 8 rings (SSSR count). The summed E-state index contributed by atoms with van der Waals surface area (Å²) in [6, 6.07) is 46.1. The Balaban J connectivity index is 1.33. The van der Waals surface area contributed by atoms with Crippen LogP contribution in [0.2, 0.25) is 0 Å². The fourth-order valence-corrected chi connectivity index (χ4v) is 7.63. The minimum absolute atomic E-state index is 1.02. The van der Waals surface area contributed by atoms with Crippen molar-refractivity contribution in [3.8, 4) is 32.8 Å². The summed E-state index contributed by atoms with van der Waals surface area (Å²) in [4.78, 5) is 11.1. The van der Waals surface area contributed by atoms with E-state index in [4.69, 9.17) is 4.98 Å². The molecule has 0 aliphatic carbocycles. The van der Waals surface area contributed by atoms with E-state index in [-0.39, 0.29) is 0 Å². The zero-order valence-electron chi connectivity index (χ0n) is 23.0. The SMILES string of the molecule is Cc1ccc(N2c3ccc(-c4ccccc4)cc3Sc3ccc(-c4cccs4)cc32)cc1-c1nccc2ccccc12.